The summed E-state index contributed by atoms with van der Waals surface area (Å²) in [4.78, 5) is 4.20. The first kappa shape index (κ1) is 16.4. The van der Waals surface area contributed by atoms with E-state index in [1.807, 2.05) is 11.8 Å². The van der Waals surface area contributed by atoms with Crippen molar-refractivity contribution < 1.29 is 0 Å². The molecule has 1 aromatic rings. The summed E-state index contributed by atoms with van der Waals surface area (Å²) < 4.78 is 0.268. The molecule has 2 aliphatic rings. The minimum Gasteiger partial charge on any atom is -0.314 e. The number of thioether (sulfide) groups is 1. The molecule has 1 aromatic carbocycles. The zero-order valence-electron chi connectivity index (χ0n) is 14.3. The Kier molecular flexibility index (Phi) is 5.16. The van der Waals surface area contributed by atoms with Gasteiger partial charge >= 0.3 is 0 Å². The van der Waals surface area contributed by atoms with Crippen molar-refractivity contribution in [3.63, 3.8) is 0 Å². The average Bonchev–Trinajstić information content (AvgIpc) is 3.29. The van der Waals surface area contributed by atoms with Crippen molar-refractivity contribution in [2.24, 2.45) is 5.92 Å². The second-order valence-electron chi connectivity index (χ2n) is 7.73. The molecule has 0 spiro atoms. The topological polar surface area (TPSA) is 15.3 Å². The lowest BCUT2D eigenvalue weighted by molar-refractivity contribution is 0.158. The van der Waals surface area contributed by atoms with Crippen LogP contribution < -0.4 is 5.32 Å². The predicted octanol–water partition coefficient (Wildman–Crippen LogP) is 4.32. The van der Waals surface area contributed by atoms with Gasteiger partial charge in [0.15, 0.2) is 0 Å². The van der Waals surface area contributed by atoms with Crippen molar-refractivity contribution in [2.45, 2.75) is 55.7 Å². The van der Waals surface area contributed by atoms with Gasteiger partial charge in [0.1, 0.15) is 0 Å². The largest absolute Gasteiger partial charge is 0.314 e. The van der Waals surface area contributed by atoms with E-state index in [1.54, 1.807) is 5.56 Å². The van der Waals surface area contributed by atoms with Gasteiger partial charge in [-0.1, -0.05) is 51.8 Å². The lowest BCUT2D eigenvalue weighted by Gasteiger charge is -2.36. The van der Waals surface area contributed by atoms with E-state index >= 15 is 0 Å². The third-order valence-electron chi connectivity index (χ3n) is 4.54. The van der Waals surface area contributed by atoms with Crippen molar-refractivity contribution in [2.75, 3.05) is 26.2 Å². The molecular formula is C19H30N2S. The fraction of sp³-hybridized carbons (Fsp3) is 0.684. The molecule has 2 fully saturated rings. The highest BCUT2D eigenvalue weighted by molar-refractivity contribution is 8.00. The molecule has 0 radical (unpaired) electrons. The third-order valence-corrected chi connectivity index (χ3v) is 5.74. The Labute approximate surface area is 140 Å². The van der Waals surface area contributed by atoms with Gasteiger partial charge in [-0.2, -0.15) is 0 Å². The van der Waals surface area contributed by atoms with Gasteiger partial charge < -0.3 is 5.32 Å². The van der Waals surface area contributed by atoms with E-state index in [1.165, 1.54) is 37.2 Å². The summed E-state index contributed by atoms with van der Waals surface area (Å²) in [5.74, 6) is 0.965. The van der Waals surface area contributed by atoms with Crippen LogP contribution in [0.3, 0.4) is 0 Å². The number of hydrogen-bond donors (Lipinski definition) is 1. The van der Waals surface area contributed by atoms with Gasteiger partial charge in [-0.3, -0.25) is 4.90 Å². The van der Waals surface area contributed by atoms with Gasteiger partial charge in [-0.15, -0.1) is 11.8 Å². The smallest absolute Gasteiger partial charge is 0.0362 e. The van der Waals surface area contributed by atoms with E-state index < -0.39 is 0 Å². The predicted molar refractivity (Wildman–Crippen MR) is 96.6 cm³/mol. The lowest BCUT2D eigenvalue weighted by atomic mass is 9.98. The molecule has 0 bridgehead atoms. The quantitative estimate of drug-likeness (QED) is 0.814. The van der Waals surface area contributed by atoms with Crippen molar-refractivity contribution in [1.29, 1.82) is 0 Å². The van der Waals surface area contributed by atoms with E-state index in [4.69, 9.17) is 0 Å². The Morgan fingerprint density at radius 3 is 2.50 bits per heavy atom. The van der Waals surface area contributed by atoms with Crippen LogP contribution in [-0.4, -0.2) is 35.8 Å². The molecule has 1 aliphatic carbocycles. The molecule has 3 rings (SSSR count). The summed E-state index contributed by atoms with van der Waals surface area (Å²) in [6, 6.07) is 9.74. The van der Waals surface area contributed by atoms with Crippen molar-refractivity contribution >= 4 is 11.8 Å². The first-order valence-electron chi connectivity index (χ1n) is 8.76. The van der Waals surface area contributed by atoms with Gasteiger partial charge in [0.05, 0.1) is 0 Å². The van der Waals surface area contributed by atoms with E-state index in [9.17, 15) is 0 Å². The zero-order valence-corrected chi connectivity index (χ0v) is 15.1. The van der Waals surface area contributed by atoms with Gasteiger partial charge in [0, 0.05) is 41.9 Å². The van der Waals surface area contributed by atoms with Crippen LogP contribution >= 0.6 is 11.8 Å². The lowest BCUT2D eigenvalue weighted by Crippen LogP contribution is -2.45. The Bertz CT molecular complexity index is 484. The highest BCUT2D eigenvalue weighted by atomic mass is 32.2. The number of nitrogens with zero attached hydrogens (tertiary/aromatic N) is 1. The van der Waals surface area contributed by atoms with Crippen LogP contribution in [0.4, 0.5) is 0 Å². The van der Waals surface area contributed by atoms with E-state index in [0.29, 0.717) is 6.04 Å². The Morgan fingerprint density at radius 2 is 1.86 bits per heavy atom. The zero-order chi connectivity index (χ0) is 15.6. The molecule has 1 heterocycles. The van der Waals surface area contributed by atoms with Gasteiger partial charge in [-0.05, 0) is 24.0 Å². The molecule has 3 heteroatoms. The molecule has 22 heavy (non-hydrogen) atoms. The number of hydrogen-bond acceptors (Lipinski definition) is 3. The second kappa shape index (κ2) is 6.94. The summed E-state index contributed by atoms with van der Waals surface area (Å²) in [6.07, 6.45) is 4.23. The molecular weight excluding hydrogens is 288 g/mol. The molecule has 1 aliphatic heterocycles. The fourth-order valence-electron chi connectivity index (χ4n) is 3.31. The van der Waals surface area contributed by atoms with Crippen molar-refractivity contribution in [3.8, 4) is 0 Å². The molecule has 122 valence electrons. The molecule has 0 aromatic heterocycles. The van der Waals surface area contributed by atoms with E-state index in [0.717, 1.165) is 19.0 Å². The third kappa shape index (κ3) is 4.50. The van der Waals surface area contributed by atoms with Crippen LogP contribution in [0.2, 0.25) is 0 Å². The number of piperazine rings is 1. The number of nitrogens with one attached hydrogen (secondary N) is 1. The Morgan fingerprint density at radius 1 is 1.18 bits per heavy atom. The summed E-state index contributed by atoms with van der Waals surface area (Å²) >= 11 is 2.02. The molecule has 1 N–H and O–H groups in total. The SMILES string of the molecule is CC(C)(C)Sc1ccccc1[C@H](CC1CC1)N1CCNCC1. The summed E-state index contributed by atoms with van der Waals surface area (Å²) in [5.41, 5.74) is 1.57. The monoisotopic (exact) mass is 318 g/mol. The standard InChI is InChI=1S/C19H30N2S/c1-19(2,3)22-18-7-5-4-6-16(18)17(14-15-8-9-15)21-12-10-20-11-13-21/h4-7,15,17,20H,8-14H2,1-3H3/t17-/m0/s1. The summed E-state index contributed by atoms with van der Waals surface area (Å²) in [5, 5.41) is 3.50. The van der Waals surface area contributed by atoms with Gasteiger partial charge in [-0.25, -0.2) is 0 Å². The summed E-state index contributed by atoms with van der Waals surface area (Å²) in [6.45, 7) is 11.6. The van der Waals surface area contributed by atoms with Crippen LogP contribution in [-0.2, 0) is 0 Å². The van der Waals surface area contributed by atoms with Crippen molar-refractivity contribution in [3.05, 3.63) is 29.8 Å². The Balaban J connectivity index is 1.85. The maximum Gasteiger partial charge on any atom is 0.0362 e. The molecule has 0 unspecified atom stereocenters. The van der Waals surface area contributed by atoms with E-state index in [2.05, 4.69) is 55.3 Å². The maximum atomic E-state index is 3.50. The van der Waals surface area contributed by atoms with Crippen LogP contribution in [0.5, 0.6) is 0 Å². The normalized spacial score (nSPS) is 21.8. The van der Waals surface area contributed by atoms with Crippen LogP contribution in [0.1, 0.15) is 51.6 Å². The fourth-order valence-corrected chi connectivity index (χ4v) is 4.44. The second-order valence-corrected chi connectivity index (χ2v) is 9.60. The first-order chi connectivity index (χ1) is 10.5. The molecule has 1 saturated carbocycles. The van der Waals surface area contributed by atoms with Crippen LogP contribution in [0.15, 0.2) is 29.2 Å². The van der Waals surface area contributed by atoms with Gasteiger partial charge in [0.2, 0.25) is 0 Å². The number of rotatable bonds is 5. The molecule has 0 amide bonds. The first-order valence-corrected chi connectivity index (χ1v) is 9.57. The molecule has 1 saturated heterocycles. The minimum absolute atomic E-state index is 0.268. The highest BCUT2D eigenvalue weighted by Crippen LogP contribution is 2.44. The van der Waals surface area contributed by atoms with Crippen molar-refractivity contribution in [1.82, 2.24) is 10.2 Å². The van der Waals surface area contributed by atoms with Crippen LogP contribution in [0.25, 0.3) is 0 Å². The number of benzene rings is 1. The molecule has 2 nitrogen and oxygen atoms in total. The average molecular weight is 319 g/mol. The minimum atomic E-state index is 0.268. The Hall–Kier alpha value is -0.510. The molecule has 1 atom stereocenters. The maximum absolute atomic E-state index is 3.50. The van der Waals surface area contributed by atoms with Crippen LogP contribution in [0, 0.1) is 5.92 Å². The summed E-state index contributed by atoms with van der Waals surface area (Å²) in [7, 11) is 0. The highest BCUT2D eigenvalue weighted by Gasteiger charge is 2.32. The van der Waals surface area contributed by atoms with E-state index in [-0.39, 0.29) is 4.75 Å². The van der Waals surface area contributed by atoms with Gasteiger partial charge in [0.25, 0.3) is 0 Å².